The highest BCUT2D eigenvalue weighted by Crippen LogP contribution is 2.14. The summed E-state index contributed by atoms with van der Waals surface area (Å²) >= 11 is 0. The van der Waals surface area contributed by atoms with Crippen molar-refractivity contribution in [1.82, 2.24) is 25.1 Å². The predicted molar refractivity (Wildman–Crippen MR) is 66.2 cm³/mol. The largest absolute Gasteiger partial charge is 0.349 e. The Morgan fingerprint density at radius 2 is 2.32 bits per heavy atom. The first-order valence-corrected chi connectivity index (χ1v) is 5.65. The normalized spacial score (nSPS) is 11.6. The van der Waals surface area contributed by atoms with E-state index in [1.807, 2.05) is 6.07 Å². The van der Waals surface area contributed by atoms with Gasteiger partial charge in [-0.05, 0) is 26.0 Å². The molecule has 0 radical (unpaired) electrons. The minimum absolute atomic E-state index is 0.281. The van der Waals surface area contributed by atoms with Gasteiger partial charge in [0.05, 0.1) is 11.6 Å². The second-order valence-corrected chi connectivity index (χ2v) is 3.95. The average Bonchev–Trinajstić information content (AvgIpc) is 2.81. The van der Waals surface area contributed by atoms with Crippen molar-refractivity contribution in [2.24, 2.45) is 0 Å². The Labute approximate surface area is 109 Å². The molecule has 0 saturated carbocycles. The number of rotatable bonds is 4. The van der Waals surface area contributed by atoms with Crippen LogP contribution in [0.1, 0.15) is 30.2 Å². The molecular formula is C12H12N6O. The van der Waals surface area contributed by atoms with Crippen molar-refractivity contribution < 1.29 is 4.79 Å². The maximum Gasteiger partial charge on any atom is 0.207 e. The van der Waals surface area contributed by atoms with E-state index in [9.17, 15) is 4.79 Å². The van der Waals surface area contributed by atoms with Gasteiger partial charge in [0.15, 0.2) is 11.6 Å². The SMILES string of the molecule is Cc1nc(C(C)NC=O)n(-c2ccc(C#N)cn2)n1. The summed E-state index contributed by atoms with van der Waals surface area (Å²) in [4.78, 5) is 18.9. The van der Waals surface area contributed by atoms with Gasteiger partial charge in [-0.15, -0.1) is 5.10 Å². The van der Waals surface area contributed by atoms with E-state index >= 15 is 0 Å². The Morgan fingerprint density at radius 3 is 2.89 bits per heavy atom. The van der Waals surface area contributed by atoms with Crippen LogP contribution in [0.25, 0.3) is 5.82 Å². The van der Waals surface area contributed by atoms with Crippen molar-refractivity contribution >= 4 is 6.41 Å². The van der Waals surface area contributed by atoms with Crippen LogP contribution in [-0.2, 0) is 4.79 Å². The van der Waals surface area contributed by atoms with Crippen molar-refractivity contribution in [2.75, 3.05) is 0 Å². The van der Waals surface area contributed by atoms with Gasteiger partial charge < -0.3 is 5.32 Å². The molecule has 0 aliphatic carbocycles. The topological polar surface area (TPSA) is 96.5 Å². The number of aryl methyl sites for hydroxylation is 1. The van der Waals surface area contributed by atoms with Gasteiger partial charge in [-0.3, -0.25) is 4.79 Å². The molecule has 1 amide bonds. The fourth-order valence-electron chi connectivity index (χ4n) is 1.63. The molecule has 0 aromatic carbocycles. The van der Waals surface area contributed by atoms with E-state index < -0.39 is 0 Å². The van der Waals surface area contributed by atoms with Gasteiger partial charge >= 0.3 is 0 Å². The van der Waals surface area contributed by atoms with E-state index in [0.717, 1.165) is 0 Å². The smallest absolute Gasteiger partial charge is 0.207 e. The molecule has 0 spiro atoms. The number of carbonyl (C=O) groups is 1. The lowest BCUT2D eigenvalue weighted by Crippen LogP contribution is -2.20. The van der Waals surface area contributed by atoms with Gasteiger partial charge in [0.1, 0.15) is 11.9 Å². The van der Waals surface area contributed by atoms with E-state index in [-0.39, 0.29) is 6.04 Å². The van der Waals surface area contributed by atoms with E-state index in [4.69, 9.17) is 5.26 Å². The van der Waals surface area contributed by atoms with Crippen molar-refractivity contribution in [2.45, 2.75) is 19.9 Å². The lowest BCUT2D eigenvalue weighted by molar-refractivity contribution is -0.110. The molecule has 2 heterocycles. The molecule has 7 heteroatoms. The van der Waals surface area contributed by atoms with Crippen LogP contribution < -0.4 is 5.32 Å². The van der Waals surface area contributed by atoms with E-state index in [0.29, 0.717) is 29.4 Å². The first-order valence-electron chi connectivity index (χ1n) is 5.65. The van der Waals surface area contributed by atoms with Gasteiger partial charge in [0, 0.05) is 6.20 Å². The summed E-state index contributed by atoms with van der Waals surface area (Å²) in [6.45, 7) is 3.56. The summed E-state index contributed by atoms with van der Waals surface area (Å²) in [7, 11) is 0. The zero-order chi connectivity index (χ0) is 13.8. The van der Waals surface area contributed by atoms with Crippen LogP contribution in [0.4, 0.5) is 0 Å². The maximum absolute atomic E-state index is 10.5. The third kappa shape index (κ3) is 2.57. The molecule has 1 unspecified atom stereocenters. The van der Waals surface area contributed by atoms with Crippen LogP contribution in [0.2, 0.25) is 0 Å². The van der Waals surface area contributed by atoms with E-state index in [1.165, 1.54) is 6.20 Å². The number of amides is 1. The van der Waals surface area contributed by atoms with Crippen LogP contribution >= 0.6 is 0 Å². The lowest BCUT2D eigenvalue weighted by Gasteiger charge is -2.10. The van der Waals surface area contributed by atoms with Gasteiger partial charge in [0.2, 0.25) is 6.41 Å². The molecule has 1 N–H and O–H groups in total. The number of hydrogen-bond acceptors (Lipinski definition) is 5. The summed E-state index contributed by atoms with van der Waals surface area (Å²) in [5.41, 5.74) is 0.473. The molecule has 2 rings (SSSR count). The Balaban J connectivity index is 2.43. The van der Waals surface area contributed by atoms with Gasteiger partial charge in [-0.25, -0.2) is 9.97 Å². The molecule has 0 saturated heterocycles. The molecule has 19 heavy (non-hydrogen) atoms. The molecule has 0 aliphatic heterocycles. The average molecular weight is 256 g/mol. The van der Waals surface area contributed by atoms with Crippen LogP contribution in [-0.4, -0.2) is 26.2 Å². The standard InChI is InChI=1S/C12H12N6O/c1-8(15-7-19)12-16-9(2)17-18(12)11-4-3-10(5-13)6-14-11/h3-4,6-8H,1-2H3,(H,15,19). The minimum atomic E-state index is -0.281. The van der Waals surface area contributed by atoms with E-state index in [1.54, 1.807) is 30.7 Å². The number of nitriles is 1. The number of hydrogen-bond donors (Lipinski definition) is 1. The van der Waals surface area contributed by atoms with Crippen molar-refractivity contribution in [3.05, 3.63) is 35.5 Å². The quantitative estimate of drug-likeness (QED) is 0.810. The zero-order valence-corrected chi connectivity index (χ0v) is 10.5. The summed E-state index contributed by atoms with van der Waals surface area (Å²) in [6, 6.07) is 5.06. The third-order valence-corrected chi connectivity index (χ3v) is 2.54. The first kappa shape index (κ1) is 12.7. The maximum atomic E-state index is 10.5. The second kappa shape index (κ2) is 5.27. The minimum Gasteiger partial charge on any atom is -0.349 e. The fraction of sp³-hybridized carbons (Fsp3) is 0.250. The monoisotopic (exact) mass is 256 g/mol. The summed E-state index contributed by atoms with van der Waals surface area (Å²) < 4.78 is 1.55. The molecule has 0 bridgehead atoms. The second-order valence-electron chi connectivity index (χ2n) is 3.95. The van der Waals surface area contributed by atoms with Crippen LogP contribution in [0.5, 0.6) is 0 Å². The highest BCUT2D eigenvalue weighted by atomic mass is 16.1. The number of pyridine rings is 1. The Kier molecular flexibility index (Phi) is 3.52. The van der Waals surface area contributed by atoms with Crippen LogP contribution in [0, 0.1) is 18.3 Å². The molecule has 2 aromatic heterocycles. The van der Waals surface area contributed by atoms with Crippen LogP contribution in [0.15, 0.2) is 18.3 Å². The summed E-state index contributed by atoms with van der Waals surface area (Å²) in [6.07, 6.45) is 2.08. The number of carbonyl (C=O) groups excluding carboxylic acids is 1. The lowest BCUT2D eigenvalue weighted by atomic mass is 10.3. The van der Waals surface area contributed by atoms with Crippen molar-refractivity contribution in [1.29, 1.82) is 5.26 Å². The highest BCUT2D eigenvalue weighted by Gasteiger charge is 2.16. The zero-order valence-electron chi connectivity index (χ0n) is 10.5. The Hall–Kier alpha value is -2.75. The fourth-order valence-corrected chi connectivity index (χ4v) is 1.63. The first-order chi connectivity index (χ1) is 9.15. The number of nitrogens with one attached hydrogen (secondary N) is 1. The Morgan fingerprint density at radius 1 is 1.53 bits per heavy atom. The number of aromatic nitrogens is 4. The number of nitrogens with zero attached hydrogens (tertiary/aromatic N) is 5. The van der Waals surface area contributed by atoms with E-state index in [2.05, 4.69) is 20.4 Å². The molecule has 7 nitrogen and oxygen atoms in total. The van der Waals surface area contributed by atoms with Gasteiger partial charge in [0.25, 0.3) is 0 Å². The molecule has 96 valence electrons. The molecule has 0 fully saturated rings. The summed E-state index contributed by atoms with van der Waals surface area (Å²) in [5.74, 6) is 1.72. The van der Waals surface area contributed by atoms with Crippen molar-refractivity contribution in [3.8, 4) is 11.9 Å². The molecular weight excluding hydrogens is 244 g/mol. The highest BCUT2D eigenvalue weighted by molar-refractivity contribution is 5.47. The Bertz CT molecular complexity index is 625. The third-order valence-electron chi connectivity index (χ3n) is 2.54. The molecule has 1 atom stereocenters. The molecule has 2 aromatic rings. The van der Waals surface area contributed by atoms with Gasteiger partial charge in [-0.2, -0.15) is 9.94 Å². The van der Waals surface area contributed by atoms with Crippen LogP contribution in [0.3, 0.4) is 0 Å². The summed E-state index contributed by atoms with van der Waals surface area (Å²) in [5, 5.41) is 15.6. The predicted octanol–water partition coefficient (Wildman–Crippen LogP) is 0.649. The molecule has 0 aliphatic rings. The van der Waals surface area contributed by atoms with Crippen molar-refractivity contribution in [3.63, 3.8) is 0 Å². The van der Waals surface area contributed by atoms with Gasteiger partial charge in [-0.1, -0.05) is 0 Å².